The van der Waals surface area contributed by atoms with Gasteiger partial charge in [0.05, 0.1) is 26.2 Å². The fraction of sp³-hybridized carbons (Fsp3) is 0.846. The quantitative estimate of drug-likeness (QED) is 0.589. The Balaban J connectivity index is 4.29. The minimum Gasteiger partial charge on any atom is -0.466 e. The highest BCUT2D eigenvalue weighted by atomic mass is 16.5. The molecule has 0 aromatic heterocycles. The number of nitrogens with zero attached hydrogens (tertiary/aromatic N) is 1. The summed E-state index contributed by atoms with van der Waals surface area (Å²) in [5.41, 5.74) is 0. The monoisotopic (exact) mass is 259 g/mol. The fourth-order valence-electron chi connectivity index (χ4n) is 1.71. The Labute approximate surface area is 109 Å². The van der Waals surface area contributed by atoms with E-state index in [9.17, 15) is 9.59 Å². The molecule has 0 amide bonds. The average Bonchev–Trinajstić information content (AvgIpc) is 2.29. The van der Waals surface area contributed by atoms with Crippen molar-refractivity contribution in [2.75, 3.05) is 26.3 Å². The van der Waals surface area contributed by atoms with Gasteiger partial charge in [-0.1, -0.05) is 6.92 Å². The number of esters is 2. The van der Waals surface area contributed by atoms with Gasteiger partial charge >= 0.3 is 11.9 Å². The lowest BCUT2D eigenvalue weighted by molar-refractivity contribution is -0.148. The predicted octanol–water partition coefficient (Wildman–Crippen LogP) is 1.60. The molecule has 0 aliphatic rings. The van der Waals surface area contributed by atoms with Crippen LogP contribution in [0.3, 0.4) is 0 Å². The molecule has 5 heteroatoms. The van der Waals surface area contributed by atoms with E-state index in [0.717, 1.165) is 13.0 Å². The van der Waals surface area contributed by atoms with Gasteiger partial charge in [-0.15, -0.1) is 0 Å². The Hall–Kier alpha value is -1.10. The van der Waals surface area contributed by atoms with Crippen molar-refractivity contribution >= 4 is 11.9 Å². The van der Waals surface area contributed by atoms with Crippen LogP contribution in [0, 0.1) is 0 Å². The van der Waals surface area contributed by atoms with Gasteiger partial charge in [0, 0.05) is 6.04 Å². The van der Waals surface area contributed by atoms with Crippen LogP contribution in [0.1, 0.15) is 40.5 Å². The van der Waals surface area contributed by atoms with Crippen molar-refractivity contribution in [3.05, 3.63) is 0 Å². The Morgan fingerprint density at radius 2 is 1.61 bits per heavy atom. The molecular formula is C13H25NO4. The van der Waals surface area contributed by atoms with Crippen LogP contribution in [0.2, 0.25) is 0 Å². The van der Waals surface area contributed by atoms with Crippen LogP contribution in [0.15, 0.2) is 0 Å². The third-order valence-electron chi connectivity index (χ3n) is 2.54. The zero-order valence-electron chi connectivity index (χ0n) is 11.9. The first-order valence-corrected chi connectivity index (χ1v) is 6.60. The van der Waals surface area contributed by atoms with Crippen LogP contribution in [0.5, 0.6) is 0 Å². The predicted molar refractivity (Wildman–Crippen MR) is 69.2 cm³/mol. The largest absolute Gasteiger partial charge is 0.466 e. The van der Waals surface area contributed by atoms with Crippen LogP contribution in [-0.2, 0) is 19.1 Å². The Morgan fingerprint density at radius 3 is 2.11 bits per heavy atom. The molecule has 18 heavy (non-hydrogen) atoms. The van der Waals surface area contributed by atoms with Crippen molar-refractivity contribution in [2.45, 2.75) is 46.6 Å². The summed E-state index contributed by atoms with van der Waals surface area (Å²) in [6.45, 7) is 9.28. The topological polar surface area (TPSA) is 55.8 Å². The van der Waals surface area contributed by atoms with E-state index in [-0.39, 0.29) is 24.5 Å². The summed E-state index contributed by atoms with van der Waals surface area (Å²) in [6.07, 6.45) is 1.22. The van der Waals surface area contributed by atoms with Crippen LogP contribution in [-0.4, -0.2) is 49.2 Å². The lowest BCUT2D eigenvalue weighted by Crippen LogP contribution is -2.40. The van der Waals surface area contributed by atoms with Gasteiger partial charge in [0.2, 0.25) is 0 Å². The molecule has 0 fully saturated rings. The third-order valence-corrected chi connectivity index (χ3v) is 2.54. The van der Waals surface area contributed by atoms with Gasteiger partial charge in [0.15, 0.2) is 0 Å². The standard InChI is InChI=1S/C13H25NO4/c1-5-8-14(10-13(16)18-7-3)11(4)9-12(15)17-6-2/h11H,5-10H2,1-4H3. The Kier molecular flexibility index (Phi) is 9.28. The molecule has 0 aliphatic heterocycles. The van der Waals surface area contributed by atoms with Gasteiger partial charge in [-0.05, 0) is 33.7 Å². The molecule has 106 valence electrons. The molecular weight excluding hydrogens is 234 g/mol. The summed E-state index contributed by atoms with van der Waals surface area (Å²) in [5.74, 6) is -0.475. The van der Waals surface area contributed by atoms with E-state index in [1.54, 1.807) is 13.8 Å². The summed E-state index contributed by atoms with van der Waals surface area (Å²) < 4.78 is 9.84. The highest BCUT2D eigenvalue weighted by Gasteiger charge is 2.20. The normalized spacial score (nSPS) is 12.3. The molecule has 1 atom stereocenters. The molecule has 0 heterocycles. The van der Waals surface area contributed by atoms with Crippen LogP contribution >= 0.6 is 0 Å². The van der Waals surface area contributed by atoms with E-state index in [4.69, 9.17) is 9.47 Å². The van der Waals surface area contributed by atoms with Gasteiger partial charge in [-0.25, -0.2) is 0 Å². The first-order chi connectivity index (χ1) is 8.54. The number of rotatable bonds is 9. The number of hydrogen-bond acceptors (Lipinski definition) is 5. The second-order valence-corrected chi connectivity index (χ2v) is 4.13. The second-order valence-electron chi connectivity index (χ2n) is 4.13. The molecule has 0 aliphatic carbocycles. The Morgan fingerprint density at radius 1 is 1.06 bits per heavy atom. The highest BCUT2D eigenvalue weighted by molar-refractivity contribution is 5.72. The summed E-state index contributed by atoms with van der Waals surface area (Å²) in [7, 11) is 0. The molecule has 0 saturated carbocycles. The average molecular weight is 259 g/mol. The summed E-state index contributed by atoms with van der Waals surface area (Å²) in [6, 6.07) is -0.0200. The van der Waals surface area contributed by atoms with Crippen molar-refractivity contribution in [1.82, 2.24) is 4.90 Å². The van der Waals surface area contributed by atoms with Gasteiger partial charge in [-0.2, -0.15) is 0 Å². The lowest BCUT2D eigenvalue weighted by Gasteiger charge is -2.27. The maximum absolute atomic E-state index is 11.5. The van der Waals surface area contributed by atoms with Gasteiger partial charge < -0.3 is 9.47 Å². The molecule has 0 aromatic carbocycles. The van der Waals surface area contributed by atoms with Crippen molar-refractivity contribution in [3.8, 4) is 0 Å². The molecule has 0 saturated heterocycles. The highest BCUT2D eigenvalue weighted by Crippen LogP contribution is 2.06. The van der Waals surface area contributed by atoms with E-state index in [1.807, 2.05) is 18.7 Å². The number of carbonyl (C=O) groups is 2. The van der Waals surface area contributed by atoms with E-state index < -0.39 is 0 Å². The van der Waals surface area contributed by atoms with E-state index in [2.05, 4.69) is 0 Å². The zero-order chi connectivity index (χ0) is 14.0. The van der Waals surface area contributed by atoms with Crippen molar-refractivity contribution in [1.29, 1.82) is 0 Å². The molecule has 0 spiro atoms. The third kappa shape index (κ3) is 7.27. The summed E-state index contributed by atoms with van der Waals surface area (Å²) in [5, 5.41) is 0. The zero-order valence-corrected chi connectivity index (χ0v) is 11.9. The Bertz CT molecular complexity index is 255. The summed E-state index contributed by atoms with van der Waals surface area (Å²) in [4.78, 5) is 24.8. The van der Waals surface area contributed by atoms with Crippen molar-refractivity contribution in [2.24, 2.45) is 0 Å². The van der Waals surface area contributed by atoms with Gasteiger partial charge in [-0.3, -0.25) is 14.5 Å². The minimum absolute atomic E-state index is 0.0200. The first kappa shape index (κ1) is 16.9. The van der Waals surface area contributed by atoms with Crippen molar-refractivity contribution < 1.29 is 19.1 Å². The second kappa shape index (κ2) is 9.88. The lowest BCUT2D eigenvalue weighted by atomic mass is 10.2. The molecule has 0 aromatic rings. The molecule has 0 radical (unpaired) electrons. The smallest absolute Gasteiger partial charge is 0.320 e. The number of carbonyl (C=O) groups excluding carboxylic acids is 2. The van der Waals surface area contributed by atoms with Gasteiger partial charge in [0.25, 0.3) is 0 Å². The SMILES string of the molecule is CCCN(CC(=O)OCC)C(C)CC(=O)OCC. The van der Waals surface area contributed by atoms with Crippen LogP contribution < -0.4 is 0 Å². The van der Waals surface area contributed by atoms with E-state index in [1.165, 1.54) is 0 Å². The molecule has 0 rings (SSSR count). The summed E-state index contributed by atoms with van der Waals surface area (Å²) >= 11 is 0. The van der Waals surface area contributed by atoms with Crippen molar-refractivity contribution in [3.63, 3.8) is 0 Å². The van der Waals surface area contributed by atoms with Crippen LogP contribution in [0.4, 0.5) is 0 Å². The number of hydrogen-bond donors (Lipinski definition) is 0. The maximum Gasteiger partial charge on any atom is 0.320 e. The van der Waals surface area contributed by atoms with Gasteiger partial charge in [0.1, 0.15) is 0 Å². The minimum atomic E-state index is -0.248. The maximum atomic E-state index is 11.5. The molecule has 1 unspecified atom stereocenters. The fourth-order valence-corrected chi connectivity index (χ4v) is 1.71. The molecule has 0 N–H and O–H groups in total. The van der Waals surface area contributed by atoms with E-state index >= 15 is 0 Å². The molecule has 0 bridgehead atoms. The number of ether oxygens (including phenoxy) is 2. The van der Waals surface area contributed by atoms with E-state index in [0.29, 0.717) is 19.6 Å². The molecule has 5 nitrogen and oxygen atoms in total. The van der Waals surface area contributed by atoms with Crippen LogP contribution in [0.25, 0.3) is 0 Å². The first-order valence-electron chi connectivity index (χ1n) is 6.60.